The fourth-order valence-corrected chi connectivity index (χ4v) is 0.232. The molecule has 0 aromatic heterocycles. The minimum absolute atomic E-state index is 0.418. The van der Waals surface area contributed by atoms with Gasteiger partial charge in [0.1, 0.15) is 0 Å². The first-order valence-corrected chi connectivity index (χ1v) is 2.89. The lowest BCUT2D eigenvalue weighted by Crippen LogP contribution is -2.37. The molecule has 0 atom stereocenters. The van der Waals surface area contributed by atoms with E-state index in [2.05, 4.69) is 11.0 Å². The van der Waals surface area contributed by atoms with Gasteiger partial charge in [-0.1, -0.05) is 0 Å². The van der Waals surface area contributed by atoms with E-state index in [0.29, 0.717) is 12.6 Å². The van der Waals surface area contributed by atoms with Crippen molar-refractivity contribution in [3.8, 4) is 0 Å². The standard InChI is InChI=1S/C5H14N2O/c1-4-8-7-6-5(2)3/h5-7H,4H2,1-3H3. The molecule has 0 fully saturated rings. The van der Waals surface area contributed by atoms with Gasteiger partial charge in [0.15, 0.2) is 0 Å². The molecular formula is C5H14N2O. The average Bonchev–Trinajstić information content (AvgIpc) is 1.66. The molecule has 0 amide bonds. The lowest BCUT2D eigenvalue weighted by atomic mass is 10.4. The molecule has 0 spiro atoms. The van der Waals surface area contributed by atoms with E-state index in [0.717, 1.165) is 0 Å². The minimum Gasteiger partial charge on any atom is -0.287 e. The van der Waals surface area contributed by atoms with Crippen LogP contribution in [0.25, 0.3) is 0 Å². The van der Waals surface area contributed by atoms with Crippen molar-refractivity contribution in [2.45, 2.75) is 26.8 Å². The van der Waals surface area contributed by atoms with Crippen molar-refractivity contribution >= 4 is 0 Å². The molecule has 50 valence electrons. The molecule has 3 nitrogen and oxygen atoms in total. The first-order chi connectivity index (χ1) is 3.77. The van der Waals surface area contributed by atoms with Gasteiger partial charge in [-0.05, 0) is 20.8 Å². The average molecular weight is 118 g/mol. The summed E-state index contributed by atoms with van der Waals surface area (Å²) in [4.78, 5) is 4.78. The smallest absolute Gasteiger partial charge is 0.0670 e. The first kappa shape index (κ1) is 7.88. The third-order valence-electron chi connectivity index (χ3n) is 0.564. The third-order valence-corrected chi connectivity index (χ3v) is 0.564. The maximum absolute atomic E-state index is 4.78. The van der Waals surface area contributed by atoms with Gasteiger partial charge in [0, 0.05) is 6.04 Å². The van der Waals surface area contributed by atoms with Crippen LogP contribution in [-0.4, -0.2) is 12.6 Å². The molecule has 8 heavy (non-hydrogen) atoms. The molecule has 0 aliphatic rings. The summed E-state index contributed by atoms with van der Waals surface area (Å²) in [6.45, 7) is 6.67. The molecule has 0 aliphatic heterocycles. The highest BCUT2D eigenvalue weighted by molar-refractivity contribution is 4.39. The quantitative estimate of drug-likeness (QED) is 0.415. The second-order valence-corrected chi connectivity index (χ2v) is 1.83. The van der Waals surface area contributed by atoms with Gasteiger partial charge in [-0.3, -0.25) is 4.84 Å². The van der Waals surface area contributed by atoms with E-state index in [-0.39, 0.29) is 0 Å². The van der Waals surface area contributed by atoms with Crippen molar-refractivity contribution in [3.05, 3.63) is 0 Å². The van der Waals surface area contributed by atoms with Gasteiger partial charge in [-0.15, -0.1) is 5.59 Å². The van der Waals surface area contributed by atoms with Gasteiger partial charge in [0.25, 0.3) is 0 Å². The molecule has 0 radical (unpaired) electrons. The molecule has 0 unspecified atom stereocenters. The van der Waals surface area contributed by atoms with Crippen molar-refractivity contribution in [2.24, 2.45) is 0 Å². The van der Waals surface area contributed by atoms with E-state index in [9.17, 15) is 0 Å². The summed E-state index contributed by atoms with van der Waals surface area (Å²) in [6, 6.07) is 0.418. The molecule has 0 saturated heterocycles. The van der Waals surface area contributed by atoms with Crippen LogP contribution < -0.4 is 11.0 Å². The molecule has 3 heteroatoms. The zero-order chi connectivity index (χ0) is 6.41. The number of rotatable bonds is 4. The van der Waals surface area contributed by atoms with Crippen molar-refractivity contribution < 1.29 is 4.84 Å². The van der Waals surface area contributed by atoms with Crippen LogP contribution >= 0.6 is 0 Å². The van der Waals surface area contributed by atoms with Crippen LogP contribution in [0.4, 0.5) is 0 Å². The highest BCUT2D eigenvalue weighted by Crippen LogP contribution is 1.69. The topological polar surface area (TPSA) is 33.3 Å². The summed E-state index contributed by atoms with van der Waals surface area (Å²) in [7, 11) is 0. The lowest BCUT2D eigenvalue weighted by molar-refractivity contribution is 0.0132. The van der Waals surface area contributed by atoms with Crippen molar-refractivity contribution in [3.63, 3.8) is 0 Å². The van der Waals surface area contributed by atoms with Crippen LogP contribution in [0, 0.1) is 0 Å². The minimum atomic E-state index is 0.418. The van der Waals surface area contributed by atoms with Crippen LogP contribution in [0.2, 0.25) is 0 Å². The number of hydrazine groups is 1. The van der Waals surface area contributed by atoms with Gasteiger partial charge in [-0.25, -0.2) is 5.43 Å². The van der Waals surface area contributed by atoms with E-state index in [1.54, 1.807) is 0 Å². The van der Waals surface area contributed by atoms with Crippen molar-refractivity contribution in [1.82, 2.24) is 11.0 Å². The maximum Gasteiger partial charge on any atom is 0.0670 e. The van der Waals surface area contributed by atoms with Crippen LogP contribution in [0.3, 0.4) is 0 Å². The first-order valence-electron chi connectivity index (χ1n) is 2.89. The van der Waals surface area contributed by atoms with Gasteiger partial charge in [-0.2, -0.15) is 0 Å². The van der Waals surface area contributed by atoms with Crippen LogP contribution in [-0.2, 0) is 4.84 Å². The van der Waals surface area contributed by atoms with Gasteiger partial charge in [0.05, 0.1) is 6.61 Å². The van der Waals surface area contributed by atoms with Gasteiger partial charge < -0.3 is 0 Å². The van der Waals surface area contributed by atoms with Crippen molar-refractivity contribution in [2.75, 3.05) is 6.61 Å². The summed E-state index contributed by atoms with van der Waals surface area (Å²) in [6.07, 6.45) is 0. The molecule has 0 rings (SSSR count). The normalized spacial score (nSPS) is 10.5. The lowest BCUT2D eigenvalue weighted by Gasteiger charge is -2.07. The van der Waals surface area contributed by atoms with Gasteiger partial charge in [0.2, 0.25) is 0 Å². The Balaban J connectivity index is 2.72. The zero-order valence-corrected chi connectivity index (χ0v) is 5.69. The largest absolute Gasteiger partial charge is 0.287 e. The molecule has 2 N–H and O–H groups in total. The number of hydrogen-bond donors (Lipinski definition) is 2. The molecule has 0 aromatic carbocycles. The van der Waals surface area contributed by atoms with Crippen LogP contribution in [0.5, 0.6) is 0 Å². The summed E-state index contributed by atoms with van der Waals surface area (Å²) in [5.74, 6) is 0. The summed E-state index contributed by atoms with van der Waals surface area (Å²) in [5, 5.41) is 0. The maximum atomic E-state index is 4.78. The molecular weight excluding hydrogens is 104 g/mol. The Labute approximate surface area is 50.3 Å². The Kier molecular flexibility index (Phi) is 4.95. The van der Waals surface area contributed by atoms with Crippen LogP contribution in [0.1, 0.15) is 20.8 Å². The Morgan fingerprint density at radius 1 is 1.50 bits per heavy atom. The van der Waals surface area contributed by atoms with E-state index in [1.807, 2.05) is 20.8 Å². The highest BCUT2D eigenvalue weighted by atomic mass is 16.7. The fraction of sp³-hybridized carbons (Fsp3) is 1.00. The van der Waals surface area contributed by atoms with E-state index in [1.165, 1.54) is 0 Å². The second-order valence-electron chi connectivity index (χ2n) is 1.83. The van der Waals surface area contributed by atoms with E-state index in [4.69, 9.17) is 4.84 Å². The van der Waals surface area contributed by atoms with E-state index < -0.39 is 0 Å². The summed E-state index contributed by atoms with van der Waals surface area (Å²) >= 11 is 0. The molecule has 0 aliphatic carbocycles. The Morgan fingerprint density at radius 3 is 2.50 bits per heavy atom. The summed E-state index contributed by atoms with van der Waals surface area (Å²) in [5.41, 5.74) is 5.46. The predicted molar refractivity (Wildman–Crippen MR) is 33.0 cm³/mol. The fourth-order valence-electron chi connectivity index (χ4n) is 0.232. The SMILES string of the molecule is CCONNC(C)C. The van der Waals surface area contributed by atoms with Crippen LogP contribution in [0.15, 0.2) is 0 Å². The monoisotopic (exact) mass is 118 g/mol. The highest BCUT2D eigenvalue weighted by Gasteiger charge is 1.86. The van der Waals surface area contributed by atoms with E-state index >= 15 is 0 Å². The molecule has 0 aromatic rings. The second kappa shape index (κ2) is 5.03. The Morgan fingerprint density at radius 2 is 2.12 bits per heavy atom. The van der Waals surface area contributed by atoms with Crippen molar-refractivity contribution in [1.29, 1.82) is 0 Å². The number of nitrogens with one attached hydrogen (secondary N) is 2. The predicted octanol–water partition coefficient (Wildman–Crippen LogP) is 0.440. The summed E-state index contributed by atoms with van der Waals surface area (Å²) < 4.78 is 0. The zero-order valence-electron chi connectivity index (χ0n) is 5.69. The van der Waals surface area contributed by atoms with Gasteiger partial charge >= 0.3 is 0 Å². The Bertz CT molecular complexity index is 47.7. The number of hydrogen-bond acceptors (Lipinski definition) is 3. The Hall–Kier alpha value is -0.120. The third kappa shape index (κ3) is 5.88. The molecule has 0 saturated carbocycles. The molecule has 0 heterocycles. The molecule has 0 bridgehead atoms.